The molecule has 0 radical (unpaired) electrons. The summed E-state index contributed by atoms with van der Waals surface area (Å²) in [5.41, 5.74) is 1.01. The summed E-state index contributed by atoms with van der Waals surface area (Å²) < 4.78 is 6.68. The first kappa shape index (κ1) is 15.4. The van der Waals surface area contributed by atoms with E-state index in [4.69, 9.17) is 33.0 Å². The monoisotopic (exact) mass is 422 g/mol. The maximum absolute atomic E-state index is 10.9. The minimum Gasteiger partial charge on any atom is -0.486 e. The summed E-state index contributed by atoms with van der Waals surface area (Å²) in [5, 5.41) is 9.27. The molecule has 0 atom stereocenters. The van der Waals surface area contributed by atoms with Crippen LogP contribution in [-0.4, -0.2) is 11.1 Å². The molecule has 0 aliphatic rings. The summed E-state index contributed by atoms with van der Waals surface area (Å²) in [4.78, 5) is 10.9. The Kier molecular flexibility index (Phi) is 5.12. The first-order chi connectivity index (χ1) is 9.47. The summed E-state index contributed by atoms with van der Waals surface area (Å²) >= 11 is 14.2. The average Bonchev–Trinajstić information content (AvgIpc) is 2.37. The highest BCUT2D eigenvalue weighted by Gasteiger charge is 2.13. The molecule has 0 spiro atoms. The summed E-state index contributed by atoms with van der Waals surface area (Å²) in [7, 11) is 0. The second-order valence-electron chi connectivity index (χ2n) is 3.99. The summed E-state index contributed by atoms with van der Waals surface area (Å²) in [6.07, 6.45) is 0. The Morgan fingerprint density at radius 1 is 1.20 bits per heavy atom. The van der Waals surface area contributed by atoms with Gasteiger partial charge in [-0.25, -0.2) is 4.79 Å². The van der Waals surface area contributed by atoms with Crippen LogP contribution in [0.15, 0.2) is 36.4 Å². The van der Waals surface area contributed by atoms with Crippen LogP contribution < -0.4 is 4.74 Å². The van der Waals surface area contributed by atoms with Gasteiger partial charge in [0.2, 0.25) is 0 Å². The minimum absolute atomic E-state index is 0.0293. The Labute approximate surface area is 139 Å². The van der Waals surface area contributed by atoms with E-state index in [1.807, 2.05) is 24.3 Å². The molecule has 6 heteroatoms. The van der Waals surface area contributed by atoms with Gasteiger partial charge in [0.25, 0.3) is 0 Å². The van der Waals surface area contributed by atoms with Gasteiger partial charge in [-0.05, 0) is 52.4 Å². The second kappa shape index (κ2) is 6.65. The van der Waals surface area contributed by atoms with Crippen molar-refractivity contribution in [3.05, 3.63) is 61.1 Å². The quantitative estimate of drug-likeness (QED) is 0.714. The lowest BCUT2D eigenvalue weighted by molar-refractivity contribution is 0.0697. The molecule has 0 bridgehead atoms. The van der Waals surface area contributed by atoms with Crippen molar-refractivity contribution in [1.82, 2.24) is 0 Å². The van der Waals surface area contributed by atoms with Crippen molar-refractivity contribution < 1.29 is 14.6 Å². The molecule has 0 saturated carbocycles. The van der Waals surface area contributed by atoms with E-state index in [0.717, 1.165) is 9.13 Å². The number of benzene rings is 2. The van der Waals surface area contributed by atoms with E-state index in [9.17, 15) is 4.79 Å². The van der Waals surface area contributed by atoms with E-state index in [2.05, 4.69) is 22.6 Å². The fourth-order valence-corrected chi connectivity index (χ4v) is 2.81. The van der Waals surface area contributed by atoms with Crippen LogP contribution in [0.1, 0.15) is 15.9 Å². The van der Waals surface area contributed by atoms with Crippen LogP contribution in [-0.2, 0) is 6.61 Å². The van der Waals surface area contributed by atoms with Gasteiger partial charge in [0, 0.05) is 3.57 Å². The number of carboxylic acid groups (broad SMARTS) is 1. The number of halogens is 3. The molecule has 0 saturated heterocycles. The number of rotatable bonds is 4. The molecule has 1 N–H and O–H groups in total. The lowest BCUT2D eigenvalue weighted by atomic mass is 10.2. The van der Waals surface area contributed by atoms with E-state index in [-0.39, 0.29) is 21.4 Å². The van der Waals surface area contributed by atoms with Crippen LogP contribution in [0.2, 0.25) is 10.0 Å². The Hall–Kier alpha value is -0.980. The molecule has 0 aromatic heterocycles. The molecule has 0 aliphatic heterocycles. The van der Waals surface area contributed by atoms with Crippen molar-refractivity contribution in [2.75, 3.05) is 0 Å². The molecule has 104 valence electrons. The van der Waals surface area contributed by atoms with Gasteiger partial charge in [0.05, 0.1) is 15.6 Å². The number of carbonyl (C=O) groups is 1. The SMILES string of the molecule is O=C(O)c1cc(Cl)c(OCc2cccc(I)c2)c(Cl)c1. The van der Waals surface area contributed by atoms with Gasteiger partial charge in [-0.15, -0.1) is 0 Å². The van der Waals surface area contributed by atoms with Crippen LogP contribution in [0.4, 0.5) is 0 Å². The van der Waals surface area contributed by atoms with Crippen molar-refractivity contribution in [1.29, 1.82) is 0 Å². The average molecular weight is 423 g/mol. The molecule has 0 heterocycles. The zero-order valence-electron chi connectivity index (χ0n) is 10.1. The number of carboxylic acids is 1. The van der Waals surface area contributed by atoms with Gasteiger partial charge in [0.15, 0.2) is 5.75 Å². The number of hydrogen-bond acceptors (Lipinski definition) is 2. The smallest absolute Gasteiger partial charge is 0.335 e. The third-order valence-electron chi connectivity index (χ3n) is 2.52. The highest BCUT2D eigenvalue weighted by atomic mass is 127. The van der Waals surface area contributed by atoms with E-state index < -0.39 is 5.97 Å². The lowest BCUT2D eigenvalue weighted by Gasteiger charge is -2.11. The Bertz CT molecular complexity index is 636. The van der Waals surface area contributed by atoms with Gasteiger partial charge >= 0.3 is 5.97 Å². The van der Waals surface area contributed by atoms with E-state index in [1.165, 1.54) is 12.1 Å². The number of hydrogen-bond donors (Lipinski definition) is 1. The molecule has 2 aromatic carbocycles. The third-order valence-corrected chi connectivity index (χ3v) is 3.75. The van der Waals surface area contributed by atoms with Crippen molar-refractivity contribution in [2.24, 2.45) is 0 Å². The predicted molar refractivity (Wildman–Crippen MR) is 86.9 cm³/mol. The lowest BCUT2D eigenvalue weighted by Crippen LogP contribution is -2.00. The van der Waals surface area contributed by atoms with Gasteiger partial charge in [0.1, 0.15) is 6.61 Å². The number of aromatic carboxylic acids is 1. The molecular formula is C14H9Cl2IO3. The van der Waals surface area contributed by atoms with E-state index in [1.54, 1.807) is 0 Å². The third kappa shape index (κ3) is 3.77. The first-order valence-corrected chi connectivity index (χ1v) is 7.40. The zero-order valence-corrected chi connectivity index (χ0v) is 13.7. The van der Waals surface area contributed by atoms with Crippen molar-refractivity contribution in [2.45, 2.75) is 6.61 Å². The molecule has 0 aliphatic carbocycles. The maximum atomic E-state index is 10.9. The van der Waals surface area contributed by atoms with Crippen LogP contribution >= 0.6 is 45.8 Å². The minimum atomic E-state index is -1.09. The molecule has 0 unspecified atom stereocenters. The summed E-state index contributed by atoms with van der Waals surface area (Å²) in [5.74, 6) is -0.796. The van der Waals surface area contributed by atoms with Crippen molar-refractivity contribution in [3.8, 4) is 5.75 Å². The Morgan fingerprint density at radius 3 is 2.40 bits per heavy atom. The van der Waals surface area contributed by atoms with E-state index in [0.29, 0.717) is 6.61 Å². The molecule has 0 fully saturated rings. The van der Waals surface area contributed by atoms with Gasteiger partial charge < -0.3 is 9.84 Å². The molecular weight excluding hydrogens is 414 g/mol. The Morgan fingerprint density at radius 2 is 1.85 bits per heavy atom. The van der Waals surface area contributed by atoms with E-state index >= 15 is 0 Å². The van der Waals surface area contributed by atoms with Crippen LogP contribution in [0.5, 0.6) is 5.75 Å². The fraction of sp³-hybridized carbons (Fsp3) is 0.0714. The maximum Gasteiger partial charge on any atom is 0.335 e. The first-order valence-electron chi connectivity index (χ1n) is 5.57. The topological polar surface area (TPSA) is 46.5 Å². The Balaban J connectivity index is 2.20. The summed E-state index contributed by atoms with van der Waals surface area (Å²) in [6, 6.07) is 10.5. The molecule has 20 heavy (non-hydrogen) atoms. The normalized spacial score (nSPS) is 10.3. The van der Waals surface area contributed by atoms with Gasteiger partial charge in [-0.2, -0.15) is 0 Å². The van der Waals surface area contributed by atoms with Crippen LogP contribution in [0.25, 0.3) is 0 Å². The zero-order chi connectivity index (χ0) is 14.7. The molecule has 3 nitrogen and oxygen atoms in total. The standard InChI is InChI=1S/C14H9Cl2IO3/c15-11-5-9(14(18)19)6-12(16)13(11)20-7-8-2-1-3-10(17)4-8/h1-6H,7H2,(H,18,19). The predicted octanol–water partition coefficient (Wildman–Crippen LogP) is 4.88. The number of ether oxygens (including phenoxy) is 1. The van der Waals surface area contributed by atoms with Crippen molar-refractivity contribution in [3.63, 3.8) is 0 Å². The molecule has 0 amide bonds. The molecule has 2 rings (SSSR count). The summed E-state index contributed by atoms with van der Waals surface area (Å²) in [6.45, 7) is 0.308. The van der Waals surface area contributed by atoms with Gasteiger partial charge in [-0.1, -0.05) is 35.3 Å². The van der Waals surface area contributed by atoms with Gasteiger partial charge in [-0.3, -0.25) is 0 Å². The highest BCUT2D eigenvalue weighted by molar-refractivity contribution is 14.1. The van der Waals surface area contributed by atoms with Crippen molar-refractivity contribution >= 4 is 51.8 Å². The molecule has 2 aromatic rings. The second-order valence-corrected chi connectivity index (χ2v) is 6.05. The largest absolute Gasteiger partial charge is 0.486 e. The fourth-order valence-electron chi connectivity index (χ4n) is 1.60. The van der Waals surface area contributed by atoms with Crippen LogP contribution in [0.3, 0.4) is 0 Å². The van der Waals surface area contributed by atoms with Crippen LogP contribution in [0, 0.1) is 3.57 Å². The highest BCUT2D eigenvalue weighted by Crippen LogP contribution is 2.34.